The smallest absolute Gasteiger partial charge is 0.270 e. The number of aryl methyl sites for hydroxylation is 1. The Kier molecular flexibility index (Phi) is 4.46. The zero-order chi connectivity index (χ0) is 16.2. The number of rotatable bonds is 4. The maximum absolute atomic E-state index is 12.9. The quantitative estimate of drug-likeness (QED) is 0.937. The Labute approximate surface area is 133 Å². The van der Waals surface area contributed by atoms with Gasteiger partial charge in [0.05, 0.1) is 5.69 Å². The molecule has 0 unspecified atom stereocenters. The third-order valence-corrected chi connectivity index (χ3v) is 3.75. The van der Waals surface area contributed by atoms with Crippen molar-refractivity contribution in [3.63, 3.8) is 0 Å². The molecule has 1 N–H and O–H groups in total. The molecule has 0 spiro atoms. The summed E-state index contributed by atoms with van der Waals surface area (Å²) >= 11 is 0. The van der Waals surface area contributed by atoms with Crippen LogP contribution in [0.15, 0.2) is 48.0 Å². The summed E-state index contributed by atoms with van der Waals surface area (Å²) in [7, 11) is 0. The van der Waals surface area contributed by atoms with Crippen LogP contribution in [0, 0.1) is 0 Å². The number of fused-ring (bicyclic) bond motifs is 2. The molecule has 1 amide bonds. The summed E-state index contributed by atoms with van der Waals surface area (Å²) in [6.07, 6.45) is -0.320. The summed E-state index contributed by atoms with van der Waals surface area (Å²) < 4.78 is 25.8. The van der Waals surface area contributed by atoms with Crippen molar-refractivity contribution >= 4 is 12.0 Å². The first-order valence-corrected chi connectivity index (χ1v) is 7.43. The average molecular weight is 314 g/mol. The highest BCUT2D eigenvalue weighted by Crippen LogP contribution is 2.24. The molecule has 0 fully saturated rings. The number of hydrogen-bond acceptors (Lipinski definition) is 2. The van der Waals surface area contributed by atoms with Gasteiger partial charge in [-0.2, -0.15) is 0 Å². The molecule has 3 nitrogen and oxygen atoms in total. The Balaban J connectivity index is 1.76. The molecule has 1 aliphatic rings. The highest BCUT2D eigenvalue weighted by atomic mass is 19.3. The standard InChI is InChI=1S/C18H16F2N2O/c19-17(20)14-7-6-13-8-15(10-14)22-16(9-13)18(23)21-11-12-4-2-1-3-5-12/h1-5,8-10,17H,6-7,11H2,(H,21,23). The fourth-order valence-electron chi connectivity index (χ4n) is 2.54. The van der Waals surface area contributed by atoms with Crippen molar-refractivity contribution in [2.75, 3.05) is 0 Å². The van der Waals surface area contributed by atoms with Gasteiger partial charge >= 0.3 is 0 Å². The van der Waals surface area contributed by atoms with E-state index in [1.54, 1.807) is 12.1 Å². The van der Waals surface area contributed by atoms with E-state index in [9.17, 15) is 13.6 Å². The number of carbonyl (C=O) groups excluding carboxylic acids is 1. The van der Waals surface area contributed by atoms with E-state index in [0.717, 1.165) is 11.1 Å². The maximum atomic E-state index is 12.9. The highest BCUT2D eigenvalue weighted by molar-refractivity contribution is 5.92. The second-order valence-electron chi connectivity index (χ2n) is 5.47. The first-order valence-electron chi connectivity index (χ1n) is 7.43. The third kappa shape index (κ3) is 3.80. The van der Waals surface area contributed by atoms with E-state index in [0.29, 0.717) is 18.7 Å². The van der Waals surface area contributed by atoms with E-state index in [4.69, 9.17) is 0 Å². The average Bonchev–Trinajstić information content (AvgIpc) is 2.71. The molecular formula is C18H16F2N2O. The van der Waals surface area contributed by atoms with E-state index < -0.39 is 6.43 Å². The van der Waals surface area contributed by atoms with E-state index in [-0.39, 0.29) is 23.6 Å². The van der Waals surface area contributed by atoms with E-state index in [1.807, 2.05) is 30.3 Å². The molecule has 3 rings (SSSR count). The second kappa shape index (κ2) is 6.69. The predicted octanol–water partition coefficient (Wildman–Crippen LogP) is 3.61. The third-order valence-electron chi connectivity index (χ3n) is 3.75. The minimum absolute atomic E-state index is 0.0642. The zero-order valence-electron chi connectivity index (χ0n) is 12.4. The summed E-state index contributed by atoms with van der Waals surface area (Å²) in [5.74, 6) is -0.300. The van der Waals surface area contributed by atoms with Crippen LogP contribution >= 0.6 is 0 Å². The van der Waals surface area contributed by atoms with Crippen LogP contribution in [-0.2, 0) is 13.0 Å². The molecule has 2 bridgehead atoms. The van der Waals surface area contributed by atoms with Crippen molar-refractivity contribution in [1.29, 1.82) is 0 Å². The molecule has 118 valence electrons. The molecule has 1 heterocycles. The lowest BCUT2D eigenvalue weighted by molar-refractivity contribution is 0.0945. The Morgan fingerprint density at radius 3 is 2.70 bits per heavy atom. The normalized spacial score (nSPS) is 13.4. The van der Waals surface area contributed by atoms with Gasteiger partial charge in [0.1, 0.15) is 5.69 Å². The van der Waals surface area contributed by atoms with Crippen LogP contribution < -0.4 is 5.32 Å². The Morgan fingerprint density at radius 1 is 1.17 bits per heavy atom. The maximum Gasteiger partial charge on any atom is 0.270 e. The number of halogens is 2. The van der Waals surface area contributed by atoms with Crippen LogP contribution in [0.5, 0.6) is 0 Å². The number of amides is 1. The van der Waals surface area contributed by atoms with Crippen LogP contribution in [-0.4, -0.2) is 17.3 Å². The number of benzene rings is 1. The SMILES string of the molecule is O=C(NCc1ccccc1)c1cc2cc(n1)C=C(C(F)F)CC2. The molecule has 0 aliphatic heterocycles. The molecule has 0 saturated carbocycles. The second-order valence-corrected chi connectivity index (χ2v) is 5.47. The fourth-order valence-corrected chi connectivity index (χ4v) is 2.54. The van der Waals surface area contributed by atoms with Gasteiger partial charge in [-0.15, -0.1) is 0 Å². The van der Waals surface area contributed by atoms with E-state index in [1.165, 1.54) is 6.08 Å². The molecule has 1 aliphatic carbocycles. The number of allylic oxidation sites excluding steroid dienone is 1. The van der Waals surface area contributed by atoms with Gasteiger partial charge in [0.25, 0.3) is 12.3 Å². The molecule has 2 aromatic rings. The summed E-state index contributed by atoms with van der Waals surface area (Å²) in [5, 5.41) is 2.80. The summed E-state index contributed by atoms with van der Waals surface area (Å²) in [6.45, 7) is 0.402. The van der Waals surface area contributed by atoms with Crippen molar-refractivity contribution < 1.29 is 13.6 Å². The van der Waals surface area contributed by atoms with Gasteiger partial charge in [-0.1, -0.05) is 30.3 Å². The van der Waals surface area contributed by atoms with Gasteiger partial charge in [-0.05, 0) is 47.8 Å². The van der Waals surface area contributed by atoms with Crippen LogP contribution in [0.4, 0.5) is 8.78 Å². The zero-order valence-corrected chi connectivity index (χ0v) is 12.4. The molecule has 1 aromatic carbocycles. The van der Waals surface area contributed by atoms with Gasteiger partial charge < -0.3 is 5.32 Å². The molecule has 0 saturated heterocycles. The number of nitrogens with zero attached hydrogens (tertiary/aromatic N) is 1. The highest BCUT2D eigenvalue weighted by Gasteiger charge is 2.17. The number of alkyl halides is 2. The van der Waals surface area contributed by atoms with E-state index >= 15 is 0 Å². The lowest BCUT2D eigenvalue weighted by Crippen LogP contribution is -2.24. The van der Waals surface area contributed by atoms with Crippen molar-refractivity contribution in [1.82, 2.24) is 10.3 Å². The van der Waals surface area contributed by atoms with Gasteiger partial charge in [-0.25, -0.2) is 13.8 Å². The predicted molar refractivity (Wildman–Crippen MR) is 84.2 cm³/mol. The number of aromatic nitrogens is 1. The molecular weight excluding hydrogens is 298 g/mol. The number of carbonyl (C=O) groups is 1. The van der Waals surface area contributed by atoms with Crippen molar-refractivity contribution in [3.05, 3.63) is 70.6 Å². The number of hydrogen-bond donors (Lipinski definition) is 1. The topological polar surface area (TPSA) is 42.0 Å². The lowest BCUT2D eigenvalue weighted by Gasteiger charge is -2.07. The molecule has 0 radical (unpaired) electrons. The summed E-state index contributed by atoms with van der Waals surface area (Å²) in [4.78, 5) is 16.4. The van der Waals surface area contributed by atoms with Gasteiger partial charge in [-0.3, -0.25) is 4.79 Å². The largest absolute Gasteiger partial charge is 0.347 e. The molecule has 1 aromatic heterocycles. The van der Waals surface area contributed by atoms with E-state index in [2.05, 4.69) is 10.3 Å². The first-order chi connectivity index (χ1) is 11.1. The molecule has 0 atom stereocenters. The van der Waals surface area contributed by atoms with Crippen molar-refractivity contribution in [2.45, 2.75) is 25.8 Å². The first kappa shape index (κ1) is 15.3. The number of nitrogens with one attached hydrogen (secondary N) is 1. The van der Waals surface area contributed by atoms with Crippen LogP contribution in [0.3, 0.4) is 0 Å². The van der Waals surface area contributed by atoms with Crippen LogP contribution in [0.2, 0.25) is 0 Å². The molecule has 23 heavy (non-hydrogen) atoms. The molecule has 5 heteroatoms. The monoisotopic (exact) mass is 314 g/mol. The Bertz CT molecular complexity index is 742. The Hall–Kier alpha value is -2.56. The Morgan fingerprint density at radius 2 is 1.96 bits per heavy atom. The minimum Gasteiger partial charge on any atom is -0.347 e. The van der Waals surface area contributed by atoms with Crippen LogP contribution in [0.25, 0.3) is 6.08 Å². The summed E-state index contributed by atoms with van der Waals surface area (Å²) in [6, 6.07) is 13.0. The summed E-state index contributed by atoms with van der Waals surface area (Å²) in [5.41, 5.74) is 2.59. The van der Waals surface area contributed by atoms with Crippen molar-refractivity contribution in [2.24, 2.45) is 0 Å². The fraction of sp³-hybridized carbons (Fsp3) is 0.222. The van der Waals surface area contributed by atoms with Gasteiger partial charge in [0, 0.05) is 6.54 Å². The van der Waals surface area contributed by atoms with Gasteiger partial charge in [0.2, 0.25) is 0 Å². The minimum atomic E-state index is -2.48. The lowest BCUT2D eigenvalue weighted by atomic mass is 10.1. The van der Waals surface area contributed by atoms with Crippen LogP contribution in [0.1, 0.15) is 33.7 Å². The van der Waals surface area contributed by atoms with Crippen molar-refractivity contribution in [3.8, 4) is 0 Å². The number of pyridine rings is 1. The van der Waals surface area contributed by atoms with Gasteiger partial charge in [0.15, 0.2) is 0 Å².